The number of hydrogen-bond donors (Lipinski definition) is 2. The molecule has 3 rings (SSSR count). The highest BCUT2D eigenvalue weighted by Crippen LogP contribution is 2.23. The van der Waals surface area contributed by atoms with Crippen LogP contribution in [0.4, 0.5) is 0 Å². The first-order valence-electron chi connectivity index (χ1n) is 11.2. The molecule has 5 heteroatoms. The number of rotatable bonds is 9. The maximum absolute atomic E-state index is 4.51. The van der Waals surface area contributed by atoms with Crippen LogP contribution in [-0.2, 0) is 0 Å². The predicted molar refractivity (Wildman–Crippen MR) is 114 cm³/mol. The Bertz CT molecular complexity index is 485. The summed E-state index contributed by atoms with van der Waals surface area (Å²) in [5, 5.41) is 6.12. The second-order valence-corrected chi connectivity index (χ2v) is 8.92. The van der Waals surface area contributed by atoms with Crippen molar-refractivity contribution in [2.45, 2.75) is 64.5 Å². The summed E-state index contributed by atoms with van der Waals surface area (Å²) in [7, 11) is 0. The van der Waals surface area contributed by atoms with Gasteiger partial charge in [0.2, 0.25) is 0 Å². The third-order valence-corrected chi connectivity index (χ3v) is 6.38. The van der Waals surface area contributed by atoms with E-state index in [1.165, 1.54) is 76.1 Å². The molecule has 2 N–H and O–H groups in total. The SMILES string of the molecule is C=C(NC(CN1CCCC1)C(=C)N1CCCCN1)C(C(C)C)N1CCCC1. The van der Waals surface area contributed by atoms with Crippen molar-refractivity contribution in [1.82, 2.24) is 25.6 Å². The molecule has 154 valence electrons. The van der Waals surface area contributed by atoms with Crippen molar-refractivity contribution in [2.75, 3.05) is 45.8 Å². The molecule has 3 aliphatic heterocycles. The van der Waals surface area contributed by atoms with Gasteiger partial charge in [0.05, 0.1) is 12.1 Å². The van der Waals surface area contributed by atoms with Crippen LogP contribution in [0, 0.1) is 5.92 Å². The molecule has 27 heavy (non-hydrogen) atoms. The van der Waals surface area contributed by atoms with Gasteiger partial charge in [0.15, 0.2) is 0 Å². The predicted octanol–water partition coefficient (Wildman–Crippen LogP) is 2.79. The summed E-state index contributed by atoms with van der Waals surface area (Å²) in [6.45, 7) is 21.6. The van der Waals surface area contributed by atoms with Gasteiger partial charge >= 0.3 is 0 Å². The van der Waals surface area contributed by atoms with Crippen LogP contribution < -0.4 is 10.7 Å². The lowest BCUT2D eigenvalue weighted by molar-refractivity contribution is 0.170. The van der Waals surface area contributed by atoms with E-state index in [1.54, 1.807) is 0 Å². The first-order chi connectivity index (χ1) is 13.1. The Morgan fingerprint density at radius 1 is 0.926 bits per heavy atom. The molecule has 3 saturated heterocycles. The highest BCUT2D eigenvalue weighted by molar-refractivity contribution is 5.15. The maximum atomic E-state index is 4.51. The second kappa shape index (κ2) is 9.94. The Morgan fingerprint density at radius 3 is 2.15 bits per heavy atom. The lowest BCUT2D eigenvalue weighted by Gasteiger charge is -2.40. The number of hydrogen-bond acceptors (Lipinski definition) is 5. The Kier molecular flexibility index (Phi) is 7.62. The smallest absolute Gasteiger partial charge is 0.0794 e. The zero-order valence-electron chi connectivity index (χ0n) is 17.7. The van der Waals surface area contributed by atoms with Crippen molar-refractivity contribution in [2.24, 2.45) is 5.92 Å². The van der Waals surface area contributed by atoms with E-state index in [9.17, 15) is 0 Å². The molecule has 5 nitrogen and oxygen atoms in total. The van der Waals surface area contributed by atoms with Crippen molar-refractivity contribution in [1.29, 1.82) is 0 Å². The van der Waals surface area contributed by atoms with Crippen molar-refractivity contribution >= 4 is 0 Å². The third-order valence-electron chi connectivity index (χ3n) is 6.38. The van der Waals surface area contributed by atoms with Crippen LogP contribution >= 0.6 is 0 Å². The van der Waals surface area contributed by atoms with Crippen molar-refractivity contribution in [3.63, 3.8) is 0 Å². The third kappa shape index (κ3) is 5.49. The molecule has 3 aliphatic rings. The fourth-order valence-corrected chi connectivity index (χ4v) is 4.95. The molecule has 0 radical (unpaired) electrons. The van der Waals surface area contributed by atoms with Crippen LogP contribution in [0.1, 0.15) is 52.4 Å². The van der Waals surface area contributed by atoms with Crippen LogP contribution in [-0.4, -0.2) is 72.7 Å². The van der Waals surface area contributed by atoms with Crippen molar-refractivity contribution in [3.05, 3.63) is 24.6 Å². The lowest BCUT2D eigenvalue weighted by Crippen LogP contribution is -2.53. The van der Waals surface area contributed by atoms with Crippen LogP contribution in [0.25, 0.3) is 0 Å². The number of nitrogens with one attached hydrogen (secondary N) is 2. The van der Waals surface area contributed by atoms with Crippen LogP contribution in [0.2, 0.25) is 0 Å². The summed E-state index contributed by atoms with van der Waals surface area (Å²) in [6, 6.07) is 0.640. The van der Waals surface area contributed by atoms with Crippen LogP contribution in [0.3, 0.4) is 0 Å². The van der Waals surface area contributed by atoms with Gasteiger partial charge in [-0.2, -0.15) is 0 Å². The normalized spacial score (nSPS) is 24.3. The van der Waals surface area contributed by atoms with E-state index < -0.39 is 0 Å². The van der Waals surface area contributed by atoms with Gasteiger partial charge in [-0.1, -0.05) is 27.0 Å². The molecule has 0 aromatic rings. The molecule has 3 fully saturated rings. The second-order valence-electron chi connectivity index (χ2n) is 8.92. The summed E-state index contributed by atoms with van der Waals surface area (Å²) in [6.07, 6.45) is 7.78. The van der Waals surface area contributed by atoms with Gasteiger partial charge < -0.3 is 15.2 Å². The molecule has 0 spiro atoms. The topological polar surface area (TPSA) is 33.8 Å². The monoisotopic (exact) mass is 375 g/mol. The van der Waals surface area contributed by atoms with E-state index in [-0.39, 0.29) is 6.04 Å². The first kappa shape index (κ1) is 20.7. The average molecular weight is 376 g/mol. The molecular formula is C22H41N5. The van der Waals surface area contributed by atoms with Gasteiger partial charge in [-0.25, -0.2) is 5.43 Å². The number of hydrazine groups is 1. The Balaban J connectivity index is 1.68. The Labute approximate surface area is 166 Å². The average Bonchev–Trinajstić information content (AvgIpc) is 3.35. The minimum absolute atomic E-state index is 0.227. The molecule has 0 aromatic heterocycles. The fraction of sp³-hybridized carbons (Fsp3) is 0.818. The van der Waals surface area contributed by atoms with E-state index in [0.29, 0.717) is 12.0 Å². The van der Waals surface area contributed by atoms with Gasteiger partial charge in [-0.3, -0.25) is 4.90 Å². The van der Waals surface area contributed by atoms with Gasteiger partial charge in [-0.15, -0.1) is 0 Å². The molecule has 0 amide bonds. The van der Waals surface area contributed by atoms with Gasteiger partial charge in [0.25, 0.3) is 0 Å². The zero-order valence-corrected chi connectivity index (χ0v) is 17.7. The zero-order chi connectivity index (χ0) is 19.2. The largest absolute Gasteiger partial charge is 0.378 e. The molecule has 0 aromatic carbocycles. The van der Waals surface area contributed by atoms with Crippen molar-refractivity contribution < 1.29 is 0 Å². The molecule has 3 heterocycles. The van der Waals surface area contributed by atoms with E-state index >= 15 is 0 Å². The summed E-state index contributed by atoms with van der Waals surface area (Å²) >= 11 is 0. The molecule has 2 atom stereocenters. The summed E-state index contributed by atoms with van der Waals surface area (Å²) in [4.78, 5) is 5.20. The minimum Gasteiger partial charge on any atom is -0.378 e. The highest BCUT2D eigenvalue weighted by atomic mass is 15.5. The van der Waals surface area contributed by atoms with E-state index in [0.717, 1.165) is 19.6 Å². The summed E-state index contributed by atoms with van der Waals surface area (Å²) < 4.78 is 0. The van der Waals surface area contributed by atoms with Gasteiger partial charge in [-0.05, 0) is 70.6 Å². The van der Waals surface area contributed by atoms with Crippen LogP contribution in [0.15, 0.2) is 24.6 Å². The number of likely N-dealkylation sites (tertiary alicyclic amines) is 2. The fourth-order valence-electron chi connectivity index (χ4n) is 4.95. The van der Waals surface area contributed by atoms with E-state index in [2.05, 4.69) is 52.6 Å². The van der Waals surface area contributed by atoms with Gasteiger partial charge in [0.1, 0.15) is 0 Å². The highest BCUT2D eigenvalue weighted by Gasteiger charge is 2.30. The molecule has 0 saturated carbocycles. The first-order valence-corrected chi connectivity index (χ1v) is 11.2. The van der Waals surface area contributed by atoms with Crippen molar-refractivity contribution in [3.8, 4) is 0 Å². The summed E-state index contributed by atoms with van der Waals surface area (Å²) in [5.74, 6) is 0.567. The maximum Gasteiger partial charge on any atom is 0.0794 e. The molecule has 2 unspecified atom stereocenters. The van der Waals surface area contributed by atoms with E-state index in [4.69, 9.17) is 0 Å². The molecule has 0 bridgehead atoms. The van der Waals surface area contributed by atoms with Gasteiger partial charge in [0, 0.05) is 31.0 Å². The molecular weight excluding hydrogens is 334 g/mol. The Morgan fingerprint density at radius 2 is 1.56 bits per heavy atom. The standard InChI is InChI=1S/C22H41N5/c1-18(2)22(26-14-9-10-15-26)19(3)24-21(17-25-12-7-8-13-25)20(4)27-16-6-5-11-23-27/h18,21-24H,3-17H2,1-2H3. The summed E-state index contributed by atoms with van der Waals surface area (Å²) in [5.41, 5.74) is 5.89. The quantitative estimate of drug-likeness (QED) is 0.648. The molecule has 0 aliphatic carbocycles. The van der Waals surface area contributed by atoms with Crippen LogP contribution in [0.5, 0.6) is 0 Å². The number of nitrogens with zero attached hydrogens (tertiary/aromatic N) is 3. The lowest BCUT2D eigenvalue weighted by atomic mass is 9.99. The Hall–Kier alpha value is -1.04. The minimum atomic E-state index is 0.227. The van der Waals surface area contributed by atoms with E-state index in [1.807, 2.05) is 0 Å².